The standard InChI is InChI=1S/C20H32N4O2/c1-14(2)10-22-9-8-16-12-23-18(17(16)13-22)21-24(20(26)19(23)25)11-15-6-4-3-5-7-15/h14-17H,3-13H2,1-2H3/t16-,17+/m1/s1. The van der Waals surface area contributed by atoms with Crippen LogP contribution in [0, 0.1) is 17.8 Å². The Balaban J connectivity index is 1.60. The van der Waals surface area contributed by atoms with Crippen LogP contribution < -0.4 is 11.1 Å². The van der Waals surface area contributed by atoms with Crippen molar-refractivity contribution in [3.05, 3.63) is 26.5 Å². The summed E-state index contributed by atoms with van der Waals surface area (Å²) in [6.45, 7) is 8.95. The Bertz CT molecular complexity index is 760. The van der Waals surface area contributed by atoms with E-state index in [2.05, 4.69) is 18.7 Å². The van der Waals surface area contributed by atoms with Crippen molar-refractivity contribution in [2.45, 2.75) is 71.4 Å². The fraction of sp³-hybridized carbons (Fsp3) is 0.850. The molecule has 6 heteroatoms. The van der Waals surface area contributed by atoms with Gasteiger partial charge in [-0.05, 0) is 43.6 Å². The summed E-state index contributed by atoms with van der Waals surface area (Å²) in [6.07, 6.45) is 7.16. The van der Waals surface area contributed by atoms with Gasteiger partial charge in [0.15, 0.2) is 0 Å². The van der Waals surface area contributed by atoms with Gasteiger partial charge in [-0.15, -0.1) is 0 Å². The number of piperidine rings is 1. The van der Waals surface area contributed by atoms with E-state index < -0.39 is 5.56 Å². The lowest BCUT2D eigenvalue weighted by Gasteiger charge is -2.35. The molecule has 0 N–H and O–H groups in total. The molecule has 2 atom stereocenters. The van der Waals surface area contributed by atoms with E-state index in [1.54, 1.807) is 4.57 Å². The lowest BCUT2D eigenvalue weighted by molar-refractivity contribution is 0.150. The molecule has 1 saturated heterocycles. The highest BCUT2D eigenvalue weighted by Crippen LogP contribution is 2.37. The first-order chi connectivity index (χ1) is 12.5. The van der Waals surface area contributed by atoms with Crippen LogP contribution in [0.2, 0.25) is 0 Å². The van der Waals surface area contributed by atoms with Crippen LogP contribution in [0.5, 0.6) is 0 Å². The van der Waals surface area contributed by atoms with Crippen LogP contribution in [0.15, 0.2) is 9.59 Å². The van der Waals surface area contributed by atoms with E-state index in [0.29, 0.717) is 36.8 Å². The summed E-state index contributed by atoms with van der Waals surface area (Å²) in [4.78, 5) is 27.8. The molecule has 1 aromatic heterocycles. The zero-order valence-corrected chi connectivity index (χ0v) is 16.2. The van der Waals surface area contributed by atoms with E-state index in [1.807, 2.05) is 0 Å². The summed E-state index contributed by atoms with van der Waals surface area (Å²) in [5.74, 6) is 2.77. The van der Waals surface area contributed by atoms with Crippen molar-refractivity contribution < 1.29 is 0 Å². The number of likely N-dealkylation sites (tertiary alicyclic amines) is 1. The fourth-order valence-electron chi connectivity index (χ4n) is 5.24. The summed E-state index contributed by atoms with van der Waals surface area (Å²) in [5.41, 5.74) is -0.771. The van der Waals surface area contributed by atoms with E-state index in [9.17, 15) is 9.59 Å². The number of hydrogen-bond donors (Lipinski definition) is 0. The van der Waals surface area contributed by atoms with Crippen LogP contribution in [0.3, 0.4) is 0 Å². The molecule has 1 aliphatic carbocycles. The largest absolute Gasteiger partial charge is 0.332 e. The maximum absolute atomic E-state index is 12.7. The Kier molecular flexibility index (Phi) is 5.04. The first-order valence-electron chi connectivity index (χ1n) is 10.5. The van der Waals surface area contributed by atoms with Gasteiger partial charge in [0, 0.05) is 32.1 Å². The van der Waals surface area contributed by atoms with Crippen LogP contribution in [0.4, 0.5) is 0 Å². The van der Waals surface area contributed by atoms with Gasteiger partial charge in [-0.25, -0.2) is 4.68 Å². The molecule has 1 aromatic rings. The van der Waals surface area contributed by atoms with E-state index in [0.717, 1.165) is 44.7 Å². The predicted molar refractivity (Wildman–Crippen MR) is 101 cm³/mol. The van der Waals surface area contributed by atoms with Crippen molar-refractivity contribution >= 4 is 0 Å². The summed E-state index contributed by atoms with van der Waals surface area (Å²) < 4.78 is 3.20. The van der Waals surface area contributed by atoms with Crippen molar-refractivity contribution in [3.8, 4) is 0 Å². The second-order valence-corrected chi connectivity index (χ2v) is 9.07. The molecular formula is C20H32N4O2. The van der Waals surface area contributed by atoms with Crippen molar-refractivity contribution in [1.29, 1.82) is 0 Å². The SMILES string of the molecule is CC(C)CN1CC[C@@H]2Cn3c(nn(CC4CCCCC4)c(=O)c3=O)[C@H]2C1. The number of fused-ring (bicyclic) bond motifs is 3. The molecule has 0 amide bonds. The van der Waals surface area contributed by atoms with Gasteiger partial charge in [-0.1, -0.05) is 33.1 Å². The molecule has 0 spiro atoms. The van der Waals surface area contributed by atoms with Gasteiger partial charge in [0.05, 0.1) is 0 Å². The Labute approximate surface area is 155 Å². The van der Waals surface area contributed by atoms with Gasteiger partial charge in [0.1, 0.15) is 5.82 Å². The first kappa shape index (κ1) is 18.0. The van der Waals surface area contributed by atoms with E-state index in [4.69, 9.17) is 5.10 Å². The highest BCUT2D eigenvalue weighted by molar-refractivity contribution is 5.09. The Morgan fingerprint density at radius 2 is 1.81 bits per heavy atom. The number of aromatic nitrogens is 3. The fourth-order valence-corrected chi connectivity index (χ4v) is 5.24. The number of nitrogens with zero attached hydrogens (tertiary/aromatic N) is 4. The molecule has 4 rings (SSSR count). The van der Waals surface area contributed by atoms with Crippen LogP contribution >= 0.6 is 0 Å². The minimum Gasteiger partial charge on any atom is -0.302 e. The van der Waals surface area contributed by atoms with E-state index >= 15 is 0 Å². The second-order valence-electron chi connectivity index (χ2n) is 9.07. The highest BCUT2D eigenvalue weighted by atomic mass is 16.2. The maximum Gasteiger partial charge on any atom is 0.332 e. The average molecular weight is 361 g/mol. The van der Waals surface area contributed by atoms with Crippen LogP contribution in [-0.2, 0) is 13.1 Å². The van der Waals surface area contributed by atoms with Gasteiger partial charge in [-0.2, -0.15) is 5.10 Å². The Morgan fingerprint density at radius 1 is 1.04 bits per heavy atom. The zero-order chi connectivity index (χ0) is 18.3. The highest BCUT2D eigenvalue weighted by Gasteiger charge is 2.40. The third-order valence-electron chi connectivity index (χ3n) is 6.53. The topological polar surface area (TPSA) is 60.1 Å². The summed E-state index contributed by atoms with van der Waals surface area (Å²) in [5, 5.41) is 4.75. The van der Waals surface area contributed by atoms with Crippen molar-refractivity contribution in [1.82, 2.24) is 19.2 Å². The first-order valence-corrected chi connectivity index (χ1v) is 10.5. The molecular weight excluding hydrogens is 328 g/mol. The third-order valence-corrected chi connectivity index (χ3v) is 6.53. The molecule has 0 unspecified atom stereocenters. The smallest absolute Gasteiger partial charge is 0.302 e. The summed E-state index contributed by atoms with van der Waals surface area (Å²) in [6, 6.07) is 0. The third kappa shape index (κ3) is 3.40. The molecule has 3 heterocycles. The molecule has 0 aromatic carbocycles. The quantitative estimate of drug-likeness (QED) is 0.771. The molecule has 1 saturated carbocycles. The monoisotopic (exact) mass is 360 g/mol. The molecule has 6 nitrogen and oxygen atoms in total. The number of hydrogen-bond acceptors (Lipinski definition) is 4. The molecule has 2 aliphatic heterocycles. The van der Waals surface area contributed by atoms with Gasteiger partial charge in [0.25, 0.3) is 0 Å². The average Bonchev–Trinajstić information content (AvgIpc) is 2.98. The summed E-state index contributed by atoms with van der Waals surface area (Å²) >= 11 is 0. The van der Waals surface area contributed by atoms with E-state index in [1.165, 1.54) is 23.9 Å². The van der Waals surface area contributed by atoms with Gasteiger partial charge in [-0.3, -0.25) is 14.2 Å². The normalized spacial score (nSPS) is 26.9. The van der Waals surface area contributed by atoms with Gasteiger partial charge >= 0.3 is 11.1 Å². The molecule has 144 valence electrons. The van der Waals surface area contributed by atoms with E-state index in [-0.39, 0.29) is 5.56 Å². The van der Waals surface area contributed by atoms with Gasteiger partial charge < -0.3 is 4.90 Å². The van der Waals surface area contributed by atoms with Crippen molar-refractivity contribution in [2.75, 3.05) is 19.6 Å². The molecule has 26 heavy (non-hydrogen) atoms. The molecule has 0 bridgehead atoms. The minimum atomic E-state index is -0.419. The zero-order valence-electron chi connectivity index (χ0n) is 16.2. The van der Waals surface area contributed by atoms with Gasteiger partial charge in [0.2, 0.25) is 0 Å². The Hall–Kier alpha value is -1.43. The maximum atomic E-state index is 12.7. The van der Waals surface area contributed by atoms with Crippen molar-refractivity contribution in [2.24, 2.45) is 17.8 Å². The Morgan fingerprint density at radius 3 is 2.54 bits per heavy atom. The minimum absolute atomic E-state index is 0.299. The molecule has 3 aliphatic rings. The summed E-state index contributed by atoms with van der Waals surface area (Å²) in [7, 11) is 0. The lowest BCUT2D eigenvalue weighted by Crippen LogP contribution is -2.44. The van der Waals surface area contributed by atoms with Crippen LogP contribution in [0.25, 0.3) is 0 Å². The predicted octanol–water partition coefficient (Wildman–Crippen LogP) is 2.06. The molecule has 2 fully saturated rings. The lowest BCUT2D eigenvalue weighted by atomic mass is 9.87. The van der Waals surface area contributed by atoms with Crippen LogP contribution in [-0.4, -0.2) is 38.9 Å². The second kappa shape index (κ2) is 7.29. The van der Waals surface area contributed by atoms with Crippen LogP contribution in [0.1, 0.15) is 64.1 Å². The number of rotatable bonds is 4. The molecule has 0 radical (unpaired) electrons. The van der Waals surface area contributed by atoms with Crippen molar-refractivity contribution in [3.63, 3.8) is 0 Å².